The van der Waals surface area contributed by atoms with E-state index in [1.807, 2.05) is 0 Å². The van der Waals surface area contributed by atoms with Gasteiger partial charge in [0.2, 0.25) is 0 Å². The molecule has 0 saturated carbocycles. The Balaban J connectivity index is 1.58. The predicted molar refractivity (Wildman–Crippen MR) is 120 cm³/mol. The molecular weight excluding hydrogens is 460 g/mol. The normalized spacial score (nSPS) is 21.5. The van der Waals surface area contributed by atoms with Gasteiger partial charge in [-0.05, 0) is 72.5 Å². The van der Waals surface area contributed by atoms with Gasteiger partial charge < -0.3 is 9.47 Å². The quantitative estimate of drug-likeness (QED) is 0.301. The van der Waals surface area contributed by atoms with Crippen LogP contribution < -0.4 is 4.74 Å². The number of rotatable bonds is 6. The highest BCUT2D eigenvalue weighted by molar-refractivity contribution is 5.36. The van der Waals surface area contributed by atoms with E-state index in [9.17, 15) is 17.6 Å². The third-order valence-electron chi connectivity index (χ3n) is 6.46. The maximum atomic E-state index is 13.8. The first kappa shape index (κ1) is 23.3. The minimum atomic E-state index is -4.46. The highest BCUT2D eigenvalue weighted by Gasteiger charge is 2.50. The average Bonchev–Trinajstić information content (AvgIpc) is 3.65. The molecule has 180 valence electrons. The van der Waals surface area contributed by atoms with Crippen molar-refractivity contribution < 1.29 is 27.0 Å². The summed E-state index contributed by atoms with van der Waals surface area (Å²) < 4.78 is 65.7. The summed E-state index contributed by atoms with van der Waals surface area (Å²) in [6.07, 6.45) is -3.36. The summed E-state index contributed by atoms with van der Waals surface area (Å²) in [7, 11) is 0. The van der Waals surface area contributed by atoms with E-state index in [1.54, 1.807) is 36.4 Å². The van der Waals surface area contributed by atoms with Crippen LogP contribution >= 0.6 is 0 Å². The molecule has 3 unspecified atom stereocenters. The van der Waals surface area contributed by atoms with Gasteiger partial charge in [-0.2, -0.15) is 18.4 Å². The zero-order valence-corrected chi connectivity index (χ0v) is 18.6. The number of likely N-dealkylation sites (tertiary alicyclic amines) is 1. The molecular formula is C27H22F4N2O2. The topological polar surface area (TPSA) is 48.8 Å². The summed E-state index contributed by atoms with van der Waals surface area (Å²) in [4.78, 5) is 2.15. The molecule has 2 aliphatic heterocycles. The van der Waals surface area contributed by atoms with Crippen molar-refractivity contribution in [1.29, 1.82) is 5.26 Å². The highest BCUT2D eigenvalue weighted by Crippen LogP contribution is 2.46. The third-order valence-corrected chi connectivity index (χ3v) is 6.46. The van der Waals surface area contributed by atoms with Crippen LogP contribution in [-0.2, 0) is 10.9 Å². The van der Waals surface area contributed by atoms with E-state index < -0.39 is 23.9 Å². The first-order valence-electron chi connectivity index (χ1n) is 11.3. The van der Waals surface area contributed by atoms with Crippen molar-refractivity contribution in [1.82, 2.24) is 4.90 Å². The molecule has 5 rings (SSSR count). The second kappa shape index (κ2) is 9.33. The van der Waals surface area contributed by atoms with Crippen molar-refractivity contribution in [3.8, 4) is 11.8 Å². The lowest BCUT2D eigenvalue weighted by Crippen LogP contribution is -2.40. The van der Waals surface area contributed by atoms with Crippen LogP contribution in [0.2, 0.25) is 0 Å². The van der Waals surface area contributed by atoms with Crippen LogP contribution in [-0.4, -0.2) is 23.8 Å². The van der Waals surface area contributed by atoms with Crippen LogP contribution in [0, 0.1) is 17.1 Å². The molecule has 3 aromatic rings. The molecule has 4 nitrogen and oxygen atoms in total. The number of ether oxygens (including phenoxy) is 2. The Labute approximate surface area is 200 Å². The van der Waals surface area contributed by atoms with E-state index in [-0.39, 0.29) is 18.1 Å². The number of benzene rings is 3. The van der Waals surface area contributed by atoms with Crippen molar-refractivity contribution >= 4 is 0 Å². The lowest BCUT2D eigenvalue weighted by molar-refractivity contribution is -0.137. The monoisotopic (exact) mass is 482 g/mol. The maximum Gasteiger partial charge on any atom is 0.416 e. The van der Waals surface area contributed by atoms with Crippen molar-refractivity contribution in [2.75, 3.05) is 6.54 Å². The Morgan fingerprint density at radius 3 is 2.23 bits per heavy atom. The van der Waals surface area contributed by atoms with Gasteiger partial charge in [-0.25, -0.2) is 4.39 Å². The fourth-order valence-corrected chi connectivity index (χ4v) is 4.67. The molecule has 0 N–H and O–H groups in total. The summed E-state index contributed by atoms with van der Waals surface area (Å²) in [6.45, 7) is 0.705. The van der Waals surface area contributed by atoms with Gasteiger partial charge in [0.15, 0.2) is 0 Å². The van der Waals surface area contributed by atoms with Crippen LogP contribution in [0.3, 0.4) is 0 Å². The van der Waals surface area contributed by atoms with Gasteiger partial charge in [0.05, 0.1) is 29.3 Å². The lowest BCUT2D eigenvalue weighted by atomic mass is 9.92. The SMILES string of the molecule is N#Cc1ccc(OC(c2ccc(C(F)(F)F)cc2)[C@H](c2ccc(F)cc2)N2CCCC3OC32)cc1. The third kappa shape index (κ3) is 5.02. The van der Waals surface area contributed by atoms with Gasteiger partial charge in [0, 0.05) is 6.54 Å². The van der Waals surface area contributed by atoms with Crippen LogP contribution in [0.5, 0.6) is 5.75 Å². The van der Waals surface area contributed by atoms with Gasteiger partial charge in [0.1, 0.15) is 23.9 Å². The molecule has 2 aliphatic rings. The van der Waals surface area contributed by atoms with Crippen LogP contribution in [0.15, 0.2) is 72.8 Å². The fourth-order valence-electron chi connectivity index (χ4n) is 4.67. The molecule has 0 bridgehead atoms. The second-order valence-corrected chi connectivity index (χ2v) is 8.74. The molecule has 2 saturated heterocycles. The fraction of sp³-hybridized carbons (Fsp3) is 0.296. The number of nitriles is 1. The molecule has 0 radical (unpaired) electrons. The molecule has 2 heterocycles. The van der Waals surface area contributed by atoms with E-state index in [4.69, 9.17) is 14.7 Å². The summed E-state index contributed by atoms with van der Waals surface area (Å²) in [5.41, 5.74) is 1.02. The zero-order chi connectivity index (χ0) is 24.6. The minimum absolute atomic E-state index is 0.106. The molecule has 2 fully saturated rings. The maximum absolute atomic E-state index is 13.8. The Kier molecular flexibility index (Phi) is 6.22. The molecule has 0 aromatic heterocycles. The number of fused-ring (bicyclic) bond motifs is 1. The molecule has 0 amide bonds. The number of epoxide rings is 1. The van der Waals surface area contributed by atoms with Gasteiger partial charge in [-0.3, -0.25) is 4.90 Å². The number of hydrogen-bond donors (Lipinski definition) is 0. The first-order valence-corrected chi connectivity index (χ1v) is 11.3. The average molecular weight is 482 g/mol. The summed E-state index contributed by atoms with van der Waals surface area (Å²) >= 11 is 0. The lowest BCUT2D eigenvalue weighted by Gasteiger charge is -2.38. The zero-order valence-electron chi connectivity index (χ0n) is 18.6. The summed E-state index contributed by atoms with van der Waals surface area (Å²) in [5.74, 6) is 0.0806. The van der Waals surface area contributed by atoms with Crippen LogP contribution in [0.4, 0.5) is 17.6 Å². The standard InChI is InChI=1S/C27H22F4N2O2/c28-21-11-7-18(8-12-21)24(33-15-1-2-23-26(33)35-23)25(34-22-13-3-17(16-32)4-14-22)19-5-9-20(10-6-19)27(29,30)31/h3-14,23-26H,1-2,15H2/t23?,24-,25?,26?/m0/s1. The second-order valence-electron chi connectivity index (χ2n) is 8.74. The number of nitrogens with zero attached hydrogens (tertiary/aromatic N) is 2. The number of halogens is 4. The summed E-state index contributed by atoms with van der Waals surface area (Å²) in [5, 5.41) is 9.11. The molecule has 3 aromatic carbocycles. The van der Waals surface area contributed by atoms with E-state index >= 15 is 0 Å². The van der Waals surface area contributed by atoms with E-state index in [0.717, 1.165) is 30.5 Å². The van der Waals surface area contributed by atoms with E-state index in [1.165, 1.54) is 24.3 Å². The Bertz CT molecular complexity index is 1200. The Morgan fingerprint density at radius 1 is 0.943 bits per heavy atom. The van der Waals surface area contributed by atoms with Crippen molar-refractivity contribution in [3.05, 3.63) is 101 Å². The number of piperidine rings is 1. The molecule has 8 heteroatoms. The van der Waals surface area contributed by atoms with E-state index in [2.05, 4.69) is 11.0 Å². The van der Waals surface area contributed by atoms with Crippen LogP contribution in [0.25, 0.3) is 0 Å². The number of alkyl halides is 3. The van der Waals surface area contributed by atoms with Gasteiger partial charge in [-0.15, -0.1) is 0 Å². The Hall–Kier alpha value is -3.41. The van der Waals surface area contributed by atoms with Crippen molar-refractivity contribution in [3.63, 3.8) is 0 Å². The molecule has 0 spiro atoms. The molecule has 4 atom stereocenters. The smallest absolute Gasteiger partial charge is 0.416 e. The number of hydrogen-bond acceptors (Lipinski definition) is 4. The van der Waals surface area contributed by atoms with Gasteiger partial charge >= 0.3 is 6.18 Å². The van der Waals surface area contributed by atoms with Gasteiger partial charge in [0.25, 0.3) is 0 Å². The van der Waals surface area contributed by atoms with Crippen molar-refractivity contribution in [2.24, 2.45) is 0 Å². The first-order chi connectivity index (χ1) is 16.8. The molecule has 0 aliphatic carbocycles. The predicted octanol–water partition coefficient (Wildman–Crippen LogP) is 6.40. The highest BCUT2D eigenvalue weighted by atomic mass is 19.4. The molecule has 35 heavy (non-hydrogen) atoms. The minimum Gasteiger partial charge on any atom is -0.484 e. The van der Waals surface area contributed by atoms with E-state index in [0.29, 0.717) is 23.4 Å². The van der Waals surface area contributed by atoms with Crippen LogP contribution in [0.1, 0.15) is 47.2 Å². The largest absolute Gasteiger partial charge is 0.484 e. The summed E-state index contributed by atoms with van der Waals surface area (Å²) in [6, 6.07) is 19.1. The van der Waals surface area contributed by atoms with Crippen molar-refractivity contribution in [2.45, 2.75) is 43.5 Å². The Morgan fingerprint density at radius 2 is 1.60 bits per heavy atom. The van der Waals surface area contributed by atoms with Gasteiger partial charge in [-0.1, -0.05) is 24.3 Å².